The molecule has 0 bridgehead atoms. The Morgan fingerprint density at radius 1 is 0.758 bits per heavy atom. The van der Waals surface area contributed by atoms with Crippen molar-refractivity contribution in [2.24, 2.45) is 0 Å². The zero-order valence-corrected chi connectivity index (χ0v) is 14.3. The van der Waals surface area contributed by atoms with Gasteiger partial charge in [0, 0.05) is 0 Å². The van der Waals surface area contributed by atoms with E-state index in [1.165, 1.54) is 0 Å². The second kappa shape index (κ2) is 7.37. The Kier molecular flexibility index (Phi) is 6.42. The lowest BCUT2D eigenvalue weighted by Crippen LogP contribution is -2.86. The van der Waals surface area contributed by atoms with Gasteiger partial charge in [0.2, 0.25) is 0 Å². The lowest BCUT2D eigenvalue weighted by molar-refractivity contribution is -0.601. The molecular weight excluding hydrogens is 528 g/mol. The summed E-state index contributed by atoms with van der Waals surface area (Å²) in [5.41, 5.74) is 0. The summed E-state index contributed by atoms with van der Waals surface area (Å²) in [7, 11) is 0. The molecular formula is C11H3F16N2O4-. The predicted molar refractivity (Wildman–Crippen MR) is 60.5 cm³/mol. The number of rotatable bonds is 5. The van der Waals surface area contributed by atoms with Crippen LogP contribution in [0.1, 0.15) is 0 Å². The second-order valence-corrected chi connectivity index (χ2v) is 5.88. The van der Waals surface area contributed by atoms with Crippen LogP contribution in [0.2, 0.25) is 0 Å². The van der Waals surface area contributed by atoms with Gasteiger partial charge < -0.3 is 15.2 Å². The lowest BCUT2D eigenvalue weighted by atomic mass is 10.0. The number of morpholine rings is 1. The molecule has 22 heteroatoms. The lowest BCUT2D eigenvalue weighted by Gasteiger charge is -2.55. The van der Waals surface area contributed by atoms with Crippen molar-refractivity contribution in [3.05, 3.63) is 0 Å². The molecule has 0 aromatic rings. The number of carboxylic acids is 1. The van der Waals surface area contributed by atoms with E-state index in [0.717, 1.165) is 0 Å². The minimum Gasteiger partial charge on any atom is -0.548 e. The average Bonchev–Trinajstić information content (AvgIpc) is 2.54. The van der Waals surface area contributed by atoms with E-state index in [4.69, 9.17) is 0 Å². The highest BCUT2D eigenvalue weighted by Crippen LogP contribution is 2.66. The van der Waals surface area contributed by atoms with Crippen molar-refractivity contribution in [1.29, 1.82) is 0 Å². The summed E-state index contributed by atoms with van der Waals surface area (Å²) < 4.78 is 216. The maximum Gasteiger partial charge on any atom is 0.456 e. The molecule has 1 aliphatic heterocycles. The molecule has 6 nitrogen and oxygen atoms in total. The van der Waals surface area contributed by atoms with Gasteiger partial charge in [0.15, 0.2) is 0 Å². The molecule has 33 heavy (non-hydrogen) atoms. The molecule has 0 aromatic carbocycles. The van der Waals surface area contributed by atoms with E-state index in [-0.39, 0.29) is 5.32 Å². The van der Waals surface area contributed by atoms with Gasteiger partial charge in [0.05, 0.1) is 12.5 Å². The molecule has 194 valence electrons. The third-order valence-corrected chi connectivity index (χ3v) is 3.68. The molecule has 2 unspecified atom stereocenters. The first kappa shape index (κ1) is 28.8. The predicted octanol–water partition coefficient (Wildman–Crippen LogP) is 2.05. The van der Waals surface area contributed by atoms with Crippen LogP contribution in [0.25, 0.3) is 0 Å². The van der Waals surface area contributed by atoms with Gasteiger partial charge in [-0.25, -0.2) is 0 Å². The Morgan fingerprint density at radius 2 is 1.09 bits per heavy atom. The number of alkyl halides is 16. The summed E-state index contributed by atoms with van der Waals surface area (Å²) in [5, 5.41) is 10.2. The fourth-order valence-electron chi connectivity index (χ4n) is 2.13. The number of nitrogens with zero attached hydrogens (tertiary/aromatic N) is 1. The smallest absolute Gasteiger partial charge is 0.456 e. The van der Waals surface area contributed by atoms with E-state index in [1.54, 1.807) is 4.74 Å². The van der Waals surface area contributed by atoms with Gasteiger partial charge in [-0.15, -0.1) is 4.90 Å². The Morgan fingerprint density at radius 3 is 1.36 bits per heavy atom. The Labute approximate surface area is 168 Å². The fourth-order valence-corrected chi connectivity index (χ4v) is 2.13. The number of ether oxygens (including phenoxy) is 1. The third-order valence-electron chi connectivity index (χ3n) is 3.68. The number of carbonyl (C=O) groups excluding carboxylic acids is 2. The van der Waals surface area contributed by atoms with Crippen LogP contribution in [0, 0.1) is 0 Å². The minimum atomic E-state index is -8.00. The highest BCUT2D eigenvalue weighted by Gasteiger charge is 2.96. The van der Waals surface area contributed by atoms with Crippen LogP contribution >= 0.6 is 0 Å². The summed E-state index contributed by atoms with van der Waals surface area (Å²) in [4.78, 5) is 16.5. The molecule has 1 aliphatic rings. The number of hydrogen-bond acceptors (Lipinski definition) is 5. The topological polar surface area (TPSA) is 81.7 Å². The van der Waals surface area contributed by atoms with Crippen LogP contribution < -0.4 is 10.4 Å². The van der Waals surface area contributed by atoms with Crippen LogP contribution in [0.5, 0.6) is 0 Å². The molecule has 0 aliphatic carbocycles. The first-order valence-corrected chi connectivity index (χ1v) is 7.17. The molecule has 1 fully saturated rings. The number of carboxylic acid groups (broad SMARTS) is 1. The molecule has 1 saturated heterocycles. The van der Waals surface area contributed by atoms with Crippen molar-refractivity contribution in [2.75, 3.05) is 6.54 Å². The molecule has 0 spiro atoms. The molecule has 1 amide bonds. The number of nitrogens with one attached hydrogen (secondary N) is 1. The van der Waals surface area contributed by atoms with Crippen LogP contribution in [0.4, 0.5) is 70.2 Å². The molecule has 0 saturated carbocycles. The summed E-state index contributed by atoms with van der Waals surface area (Å²) in [6.45, 7) is -2.20. The molecule has 1 rings (SSSR count). The van der Waals surface area contributed by atoms with Crippen molar-refractivity contribution < 1.29 is 89.7 Å². The summed E-state index contributed by atoms with van der Waals surface area (Å²) in [6.07, 6.45) is -15.6. The molecule has 0 aromatic heterocycles. The van der Waals surface area contributed by atoms with Gasteiger partial charge >= 0.3 is 48.1 Å². The average molecular weight is 531 g/mol. The van der Waals surface area contributed by atoms with Gasteiger partial charge in [-0.05, 0) is 0 Å². The number of carbonyl (C=O) groups is 2. The van der Waals surface area contributed by atoms with Crippen molar-refractivity contribution in [1.82, 2.24) is 10.2 Å². The number of hydrogen-bond donors (Lipinski definition) is 1. The maximum atomic E-state index is 14.0. The molecule has 1 N–H and O–H groups in total. The SMILES string of the molecule is O=C([O-])CNC(=O)C(F)(F)C(F)(F)N1C(F)(F)C(F)(C(F)(F)F)OC(F)(C(F)(F)F)C1(F)F. The Bertz CT molecular complexity index is 771. The Hall–Kier alpha value is -2.26. The van der Waals surface area contributed by atoms with Gasteiger partial charge in [0.25, 0.3) is 5.91 Å². The molecule has 2 atom stereocenters. The van der Waals surface area contributed by atoms with Gasteiger partial charge in [-0.2, -0.15) is 70.2 Å². The molecule has 1 heterocycles. The van der Waals surface area contributed by atoms with E-state index in [2.05, 4.69) is 0 Å². The second-order valence-electron chi connectivity index (χ2n) is 5.88. The van der Waals surface area contributed by atoms with Crippen molar-refractivity contribution in [3.63, 3.8) is 0 Å². The molecule has 0 radical (unpaired) electrons. The van der Waals surface area contributed by atoms with Gasteiger partial charge in [-0.1, -0.05) is 0 Å². The van der Waals surface area contributed by atoms with E-state index < -0.39 is 71.4 Å². The summed E-state index contributed by atoms with van der Waals surface area (Å²) in [6, 6.07) is -24.0. The van der Waals surface area contributed by atoms with Gasteiger partial charge in [-0.3, -0.25) is 9.53 Å². The summed E-state index contributed by atoms with van der Waals surface area (Å²) in [5.74, 6) is -29.3. The van der Waals surface area contributed by atoms with E-state index in [0.29, 0.717) is 0 Å². The largest absolute Gasteiger partial charge is 0.548 e. The fraction of sp³-hybridized carbons (Fsp3) is 0.818. The van der Waals surface area contributed by atoms with Crippen LogP contribution in [-0.4, -0.2) is 71.4 Å². The van der Waals surface area contributed by atoms with Crippen LogP contribution in [-0.2, 0) is 14.3 Å². The van der Waals surface area contributed by atoms with Crippen molar-refractivity contribution >= 4 is 11.9 Å². The monoisotopic (exact) mass is 531 g/mol. The number of halogens is 16. The number of amides is 1. The Balaban J connectivity index is 3.95. The van der Waals surface area contributed by atoms with Crippen LogP contribution in [0.3, 0.4) is 0 Å². The minimum absolute atomic E-state index is 0.214. The highest BCUT2D eigenvalue weighted by molar-refractivity contribution is 5.87. The normalized spacial score (nSPS) is 29.0. The van der Waals surface area contributed by atoms with E-state index >= 15 is 0 Å². The standard InChI is InChI=1S/C11H4F16N2O4/c12-4(13,3(32)28-1-2(30)31)9(22,23)29-10(24,25)5(14,7(16,17)18)33-6(15,8(19,20)21)11(29,26)27/h1H2,(H,28,32)(H,30,31)/p-1. The van der Waals surface area contributed by atoms with Gasteiger partial charge in [0.1, 0.15) is 0 Å². The first-order chi connectivity index (χ1) is 14.2. The van der Waals surface area contributed by atoms with Crippen LogP contribution in [0.15, 0.2) is 0 Å². The zero-order chi connectivity index (χ0) is 26.9. The summed E-state index contributed by atoms with van der Waals surface area (Å²) >= 11 is 0. The third kappa shape index (κ3) is 3.79. The van der Waals surface area contributed by atoms with E-state index in [1.807, 2.05) is 0 Å². The first-order valence-electron chi connectivity index (χ1n) is 7.17. The zero-order valence-electron chi connectivity index (χ0n) is 14.3. The van der Waals surface area contributed by atoms with Crippen molar-refractivity contribution in [3.8, 4) is 0 Å². The van der Waals surface area contributed by atoms with E-state index in [9.17, 15) is 84.9 Å². The quantitative estimate of drug-likeness (QED) is 0.434. The maximum absolute atomic E-state index is 14.0. The number of aliphatic carboxylic acids is 1. The highest BCUT2D eigenvalue weighted by atomic mass is 19.4. The van der Waals surface area contributed by atoms with Crippen molar-refractivity contribution in [2.45, 2.75) is 48.1 Å².